The molecule has 0 aliphatic carbocycles. The summed E-state index contributed by atoms with van der Waals surface area (Å²) in [4.78, 5) is 34.4. The summed E-state index contributed by atoms with van der Waals surface area (Å²) in [6.07, 6.45) is 1.35. The van der Waals surface area contributed by atoms with Gasteiger partial charge in [-0.05, 0) is 58.7 Å². The topological polar surface area (TPSA) is 101 Å². The van der Waals surface area contributed by atoms with Crippen LogP contribution in [-0.4, -0.2) is 63.8 Å². The molecule has 8 nitrogen and oxygen atoms in total. The molecule has 2 amide bonds. The minimum Gasteiger partial charge on any atom is -0.383 e. The van der Waals surface area contributed by atoms with Gasteiger partial charge in [0.25, 0.3) is 11.8 Å². The maximum absolute atomic E-state index is 12.4. The molecule has 0 unspecified atom stereocenters. The summed E-state index contributed by atoms with van der Waals surface area (Å²) >= 11 is 0. The van der Waals surface area contributed by atoms with Crippen LogP contribution in [0, 0.1) is 0 Å². The van der Waals surface area contributed by atoms with Crippen molar-refractivity contribution in [2.45, 2.75) is 12.8 Å². The summed E-state index contributed by atoms with van der Waals surface area (Å²) in [5.74, 6) is -0.223. The highest BCUT2D eigenvalue weighted by molar-refractivity contribution is 6.10. The van der Waals surface area contributed by atoms with Gasteiger partial charge in [0.15, 0.2) is 0 Å². The van der Waals surface area contributed by atoms with Crippen LogP contribution in [0.15, 0.2) is 70.6 Å². The predicted molar refractivity (Wildman–Crippen MR) is 148 cm³/mol. The van der Waals surface area contributed by atoms with Gasteiger partial charge in [-0.2, -0.15) is 0 Å². The van der Waals surface area contributed by atoms with E-state index in [2.05, 4.69) is 34.9 Å². The molecule has 8 heteroatoms. The molecule has 0 saturated carbocycles. The van der Waals surface area contributed by atoms with E-state index < -0.39 is 0 Å². The largest absolute Gasteiger partial charge is 0.383 e. The van der Waals surface area contributed by atoms with Crippen molar-refractivity contribution in [1.29, 1.82) is 0 Å². The van der Waals surface area contributed by atoms with Crippen molar-refractivity contribution >= 4 is 34.6 Å². The Morgan fingerprint density at radius 2 is 1.11 bits per heavy atom. The number of methoxy groups -OCH3 is 2. The second-order valence-electron chi connectivity index (χ2n) is 9.23. The second-order valence-corrected chi connectivity index (χ2v) is 9.23. The number of carbonyl (C=O) groups is 2. The average Bonchev–Trinajstić information content (AvgIpc) is 3.57. The third kappa shape index (κ3) is 5.56. The van der Waals surface area contributed by atoms with E-state index >= 15 is 0 Å². The quantitative estimate of drug-likeness (QED) is 0.405. The zero-order valence-corrected chi connectivity index (χ0v) is 21.5. The number of carbonyl (C=O) groups excluding carboxylic acids is 2. The number of nitrogens with zero attached hydrogens (tertiary/aromatic N) is 2. The van der Waals surface area contributed by atoms with Gasteiger partial charge < -0.3 is 20.1 Å². The van der Waals surface area contributed by atoms with Crippen LogP contribution in [0.2, 0.25) is 0 Å². The minimum absolute atomic E-state index is 0.111. The number of hydrogen-bond donors (Lipinski definition) is 2. The molecule has 3 aromatic rings. The highest BCUT2D eigenvalue weighted by Gasteiger charge is 2.21. The first-order valence-electron chi connectivity index (χ1n) is 12.6. The maximum Gasteiger partial charge on any atom is 0.251 e. The molecule has 0 radical (unpaired) electrons. The van der Waals surface area contributed by atoms with Crippen molar-refractivity contribution in [2.75, 3.05) is 40.5 Å². The molecule has 2 aliphatic rings. The number of benzene rings is 3. The van der Waals surface area contributed by atoms with Crippen molar-refractivity contribution in [2.24, 2.45) is 9.98 Å². The van der Waals surface area contributed by atoms with Gasteiger partial charge in [-0.1, -0.05) is 24.3 Å². The van der Waals surface area contributed by atoms with Crippen LogP contribution in [0.1, 0.15) is 43.0 Å². The van der Waals surface area contributed by atoms with Crippen LogP contribution < -0.4 is 10.6 Å². The van der Waals surface area contributed by atoms with Crippen LogP contribution in [0.3, 0.4) is 0 Å². The van der Waals surface area contributed by atoms with Gasteiger partial charge in [0.05, 0.1) is 36.0 Å². The van der Waals surface area contributed by atoms with Crippen LogP contribution in [-0.2, 0) is 22.3 Å². The lowest BCUT2D eigenvalue weighted by Gasteiger charge is -2.06. The first-order valence-corrected chi connectivity index (χ1v) is 12.6. The minimum atomic E-state index is -0.111. The lowest BCUT2D eigenvalue weighted by molar-refractivity contribution is 0.0929. The molecule has 2 N–H and O–H groups in total. The molecule has 3 aromatic carbocycles. The van der Waals surface area contributed by atoms with E-state index in [1.165, 1.54) is 0 Å². The zero-order valence-electron chi connectivity index (χ0n) is 21.5. The van der Waals surface area contributed by atoms with Gasteiger partial charge >= 0.3 is 0 Å². The maximum atomic E-state index is 12.4. The van der Waals surface area contributed by atoms with Gasteiger partial charge in [0.1, 0.15) is 0 Å². The van der Waals surface area contributed by atoms with Crippen molar-refractivity contribution in [3.8, 4) is 0 Å². The number of fused-ring (bicyclic) bond motifs is 2. The number of ether oxygens (including phenoxy) is 2. The fourth-order valence-electron chi connectivity index (χ4n) is 4.61. The lowest BCUT2D eigenvalue weighted by atomic mass is 9.98. The van der Waals surface area contributed by atoms with E-state index in [0.29, 0.717) is 50.3 Å². The Bertz CT molecular complexity index is 1320. The van der Waals surface area contributed by atoms with E-state index in [4.69, 9.17) is 19.5 Å². The predicted octanol–water partition coefficient (Wildman–Crippen LogP) is 3.79. The Kier molecular flexibility index (Phi) is 7.72. The lowest BCUT2D eigenvalue weighted by Crippen LogP contribution is -2.26. The SMILES string of the molecule is COCCNC(=O)c1ccc2c(c1)CC(c1ccc(C3=Nc4ccc(C(=O)NCCOC)cc4C3)cc1)=N2. The van der Waals surface area contributed by atoms with Crippen molar-refractivity contribution in [1.82, 2.24) is 10.6 Å². The van der Waals surface area contributed by atoms with Gasteiger partial charge in [-0.25, -0.2) is 0 Å². The first kappa shape index (κ1) is 25.5. The number of hydrogen-bond acceptors (Lipinski definition) is 6. The Hall–Kier alpha value is -4.14. The van der Waals surface area contributed by atoms with Gasteiger partial charge in [0, 0.05) is 51.3 Å². The molecule has 2 heterocycles. The molecule has 0 fully saturated rings. The molecule has 0 saturated heterocycles. The van der Waals surface area contributed by atoms with Gasteiger partial charge in [0.2, 0.25) is 0 Å². The van der Waals surface area contributed by atoms with Crippen LogP contribution in [0.25, 0.3) is 0 Å². The number of rotatable bonds is 10. The summed E-state index contributed by atoms with van der Waals surface area (Å²) in [6.45, 7) is 1.91. The standard InChI is InChI=1S/C30H30N4O4/c1-37-13-11-31-29(35)21-7-9-25-23(15-21)17-27(33-25)19-3-5-20(6-4-19)28-18-24-16-22(8-10-26(24)34-28)30(36)32-12-14-38-2/h3-10,15-16H,11-14,17-18H2,1-2H3,(H,31,35)(H,32,36). The zero-order chi connectivity index (χ0) is 26.5. The fourth-order valence-corrected chi connectivity index (χ4v) is 4.61. The molecular weight excluding hydrogens is 480 g/mol. The summed E-state index contributed by atoms with van der Waals surface area (Å²) < 4.78 is 9.98. The second kappa shape index (κ2) is 11.5. The van der Waals surface area contributed by atoms with Crippen molar-refractivity contribution in [3.63, 3.8) is 0 Å². The summed E-state index contributed by atoms with van der Waals surface area (Å²) in [5, 5.41) is 5.71. The Morgan fingerprint density at radius 1 is 0.684 bits per heavy atom. The molecule has 0 spiro atoms. The third-order valence-corrected chi connectivity index (χ3v) is 6.64. The van der Waals surface area contributed by atoms with E-state index in [0.717, 1.165) is 45.1 Å². The number of aliphatic imine (C=N–C) groups is 2. The normalized spacial score (nSPS) is 13.4. The van der Waals surface area contributed by atoms with Crippen LogP contribution in [0.5, 0.6) is 0 Å². The Morgan fingerprint density at radius 3 is 1.50 bits per heavy atom. The van der Waals surface area contributed by atoms with E-state index in [1.54, 1.807) is 26.4 Å². The first-order chi connectivity index (χ1) is 18.6. The monoisotopic (exact) mass is 510 g/mol. The molecular formula is C30H30N4O4. The summed E-state index contributed by atoms with van der Waals surface area (Å²) in [7, 11) is 3.22. The highest BCUT2D eigenvalue weighted by Crippen LogP contribution is 2.32. The fraction of sp³-hybridized carbons (Fsp3) is 0.267. The van der Waals surface area contributed by atoms with Crippen molar-refractivity contribution in [3.05, 3.63) is 94.0 Å². The van der Waals surface area contributed by atoms with Gasteiger partial charge in [-0.3, -0.25) is 19.6 Å². The number of nitrogens with one attached hydrogen (secondary N) is 2. The van der Waals surface area contributed by atoms with Crippen molar-refractivity contribution < 1.29 is 19.1 Å². The molecule has 0 atom stereocenters. The average molecular weight is 511 g/mol. The molecule has 38 heavy (non-hydrogen) atoms. The smallest absolute Gasteiger partial charge is 0.251 e. The summed E-state index contributed by atoms with van der Waals surface area (Å²) in [5.41, 5.74) is 9.17. The van der Waals surface area contributed by atoms with Gasteiger partial charge in [-0.15, -0.1) is 0 Å². The van der Waals surface area contributed by atoms with E-state index in [9.17, 15) is 9.59 Å². The Balaban J connectivity index is 1.22. The summed E-state index contributed by atoms with van der Waals surface area (Å²) in [6, 6.07) is 19.5. The molecule has 0 bridgehead atoms. The molecule has 2 aliphatic heterocycles. The third-order valence-electron chi connectivity index (χ3n) is 6.64. The van der Waals surface area contributed by atoms with E-state index in [-0.39, 0.29) is 11.8 Å². The number of amides is 2. The van der Waals surface area contributed by atoms with Crippen LogP contribution in [0.4, 0.5) is 11.4 Å². The molecule has 5 rings (SSSR count). The van der Waals surface area contributed by atoms with E-state index in [1.807, 2.05) is 24.3 Å². The van der Waals surface area contributed by atoms with Crippen LogP contribution >= 0.6 is 0 Å². The molecule has 0 aromatic heterocycles. The molecule has 194 valence electrons. The highest BCUT2D eigenvalue weighted by atomic mass is 16.5. The Labute approximate surface area is 221 Å².